The van der Waals surface area contributed by atoms with Crippen LogP contribution in [0.2, 0.25) is 0 Å². The van der Waals surface area contributed by atoms with Crippen molar-refractivity contribution in [2.75, 3.05) is 11.9 Å². The van der Waals surface area contributed by atoms with E-state index in [-0.39, 0.29) is 18.4 Å². The lowest BCUT2D eigenvalue weighted by Crippen LogP contribution is -2.44. The normalized spacial score (nSPS) is 11.6. The van der Waals surface area contributed by atoms with Crippen LogP contribution in [0.5, 0.6) is 0 Å². The van der Waals surface area contributed by atoms with Crippen LogP contribution < -0.4 is 5.32 Å². The highest BCUT2D eigenvalue weighted by atomic mass is 16.4. The number of ketones is 1. The minimum atomic E-state index is -1.07. The van der Waals surface area contributed by atoms with Crippen molar-refractivity contribution in [3.05, 3.63) is 29.8 Å². The first-order valence-corrected chi connectivity index (χ1v) is 6.75. The maximum Gasteiger partial charge on any atom is 0.323 e. The maximum atomic E-state index is 12.2. The van der Waals surface area contributed by atoms with E-state index in [0.717, 1.165) is 0 Å². The number of nitrogens with one attached hydrogen (secondary N) is 1. The summed E-state index contributed by atoms with van der Waals surface area (Å²) in [5.41, 5.74) is 0.951. The van der Waals surface area contributed by atoms with E-state index >= 15 is 0 Å². The number of carboxylic acid groups (broad SMARTS) is 1. The second-order valence-electron chi connectivity index (χ2n) is 4.85. The highest BCUT2D eigenvalue weighted by Gasteiger charge is 2.21. The molecular weight excluding hydrogens is 272 g/mol. The molecule has 0 aliphatic rings. The summed E-state index contributed by atoms with van der Waals surface area (Å²) >= 11 is 0. The molecule has 1 aromatic rings. The first-order chi connectivity index (χ1) is 9.85. The Kier molecular flexibility index (Phi) is 5.90. The SMILES string of the molecule is CCC(C)N(CC(=O)O)C(=O)Nc1cccc(C(C)=O)c1. The average molecular weight is 292 g/mol. The number of benzene rings is 1. The lowest BCUT2D eigenvalue weighted by Gasteiger charge is -2.27. The minimum absolute atomic E-state index is 0.101. The van der Waals surface area contributed by atoms with Gasteiger partial charge < -0.3 is 15.3 Å². The zero-order valence-corrected chi connectivity index (χ0v) is 12.4. The fourth-order valence-electron chi connectivity index (χ4n) is 1.81. The summed E-state index contributed by atoms with van der Waals surface area (Å²) in [6, 6.07) is 5.85. The molecule has 0 spiro atoms. The molecule has 0 bridgehead atoms. The number of carboxylic acids is 1. The number of hydrogen-bond acceptors (Lipinski definition) is 3. The Morgan fingerprint density at radius 1 is 1.33 bits per heavy atom. The van der Waals surface area contributed by atoms with Gasteiger partial charge in [0.25, 0.3) is 0 Å². The van der Waals surface area contributed by atoms with Crippen molar-refractivity contribution in [2.45, 2.75) is 33.2 Å². The molecular formula is C15H20N2O4. The van der Waals surface area contributed by atoms with Crippen LogP contribution in [-0.4, -0.2) is 40.4 Å². The molecule has 6 nitrogen and oxygen atoms in total. The Morgan fingerprint density at radius 2 is 2.00 bits per heavy atom. The van der Waals surface area contributed by atoms with Crippen molar-refractivity contribution in [2.24, 2.45) is 0 Å². The Balaban J connectivity index is 2.88. The molecule has 1 unspecified atom stereocenters. The molecule has 0 radical (unpaired) electrons. The fraction of sp³-hybridized carbons (Fsp3) is 0.400. The molecule has 0 heterocycles. The van der Waals surface area contributed by atoms with Gasteiger partial charge in [-0.1, -0.05) is 19.1 Å². The highest BCUT2D eigenvalue weighted by Crippen LogP contribution is 2.13. The summed E-state index contributed by atoms with van der Waals surface area (Å²) < 4.78 is 0. The standard InChI is InChI=1S/C15H20N2O4/c1-4-10(2)17(9-14(19)20)15(21)16-13-7-5-6-12(8-13)11(3)18/h5-8,10H,4,9H2,1-3H3,(H,16,21)(H,19,20). The topological polar surface area (TPSA) is 86.7 Å². The van der Waals surface area contributed by atoms with Crippen LogP contribution in [0.15, 0.2) is 24.3 Å². The van der Waals surface area contributed by atoms with E-state index in [0.29, 0.717) is 17.7 Å². The third-order valence-electron chi connectivity index (χ3n) is 3.21. The lowest BCUT2D eigenvalue weighted by atomic mass is 10.1. The van der Waals surface area contributed by atoms with Crippen LogP contribution in [-0.2, 0) is 4.79 Å². The largest absolute Gasteiger partial charge is 0.480 e. The van der Waals surface area contributed by atoms with Crippen molar-refractivity contribution in [1.29, 1.82) is 0 Å². The molecule has 1 rings (SSSR count). The van der Waals surface area contributed by atoms with Gasteiger partial charge in [-0.15, -0.1) is 0 Å². The second-order valence-corrected chi connectivity index (χ2v) is 4.85. The van der Waals surface area contributed by atoms with Gasteiger partial charge in [-0.05, 0) is 32.4 Å². The van der Waals surface area contributed by atoms with Gasteiger partial charge in [0.1, 0.15) is 6.54 Å². The molecule has 0 aromatic heterocycles. The van der Waals surface area contributed by atoms with Gasteiger partial charge in [0, 0.05) is 17.3 Å². The molecule has 1 aromatic carbocycles. The van der Waals surface area contributed by atoms with Crippen LogP contribution >= 0.6 is 0 Å². The molecule has 0 aliphatic carbocycles. The number of anilines is 1. The second kappa shape index (κ2) is 7.42. The van der Waals surface area contributed by atoms with E-state index < -0.39 is 12.0 Å². The predicted molar refractivity (Wildman–Crippen MR) is 79.6 cm³/mol. The highest BCUT2D eigenvalue weighted by molar-refractivity contribution is 5.97. The number of Topliss-reactive ketones (excluding diaryl/α,β-unsaturated/α-hetero) is 1. The number of carbonyl (C=O) groups is 3. The van der Waals surface area contributed by atoms with Gasteiger partial charge in [-0.25, -0.2) is 4.79 Å². The fourth-order valence-corrected chi connectivity index (χ4v) is 1.81. The predicted octanol–water partition coefficient (Wildman–Crippen LogP) is 2.61. The number of hydrogen-bond donors (Lipinski definition) is 2. The van der Waals surface area contributed by atoms with Crippen molar-refractivity contribution in [1.82, 2.24) is 4.90 Å². The summed E-state index contributed by atoms with van der Waals surface area (Å²) in [7, 11) is 0. The number of urea groups is 1. The molecule has 0 saturated carbocycles. The molecule has 0 aliphatic heterocycles. The third kappa shape index (κ3) is 4.91. The molecule has 2 amide bonds. The van der Waals surface area contributed by atoms with Crippen LogP contribution in [0, 0.1) is 0 Å². The monoisotopic (exact) mass is 292 g/mol. The number of amides is 2. The minimum Gasteiger partial charge on any atom is -0.480 e. The Labute approximate surface area is 123 Å². The number of aliphatic carboxylic acids is 1. The van der Waals surface area contributed by atoms with E-state index in [1.54, 1.807) is 31.2 Å². The molecule has 1 atom stereocenters. The summed E-state index contributed by atoms with van der Waals surface area (Å²) in [5, 5.41) is 11.5. The van der Waals surface area contributed by atoms with Crippen LogP contribution in [0.4, 0.5) is 10.5 Å². The van der Waals surface area contributed by atoms with E-state index in [1.165, 1.54) is 11.8 Å². The van der Waals surface area contributed by atoms with Gasteiger partial charge >= 0.3 is 12.0 Å². The van der Waals surface area contributed by atoms with Gasteiger partial charge in [0.15, 0.2) is 5.78 Å². The van der Waals surface area contributed by atoms with E-state index in [9.17, 15) is 14.4 Å². The maximum absolute atomic E-state index is 12.2. The van der Waals surface area contributed by atoms with E-state index in [4.69, 9.17) is 5.11 Å². The Morgan fingerprint density at radius 3 is 2.52 bits per heavy atom. The molecule has 2 N–H and O–H groups in total. The van der Waals surface area contributed by atoms with Crippen LogP contribution in [0.25, 0.3) is 0 Å². The molecule has 21 heavy (non-hydrogen) atoms. The van der Waals surface area contributed by atoms with Crippen LogP contribution in [0.1, 0.15) is 37.6 Å². The zero-order chi connectivity index (χ0) is 16.0. The van der Waals surface area contributed by atoms with Crippen LogP contribution in [0.3, 0.4) is 0 Å². The van der Waals surface area contributed by atoms with Crippen molar-refractivity contribution in [3.8, 4) is 0 Å². The first-order valence-electron chi connectivity index (χ1n) is 6.75. The summed E-state index contributed by atoms with van der Waals surface area (Å²) in [5.74, 6) is -1.17. The third-order valence-corrected chi connectivity index (χ3v) is 3.21. The number of nitrogens with zero attached hydrogens (tertiary/aromatic N) is 1. The lowest BCUT2D eigenvalue weighted by molar-refractivity contribution is -0.138. The molecule has 0 saturated heterocycles. The van der Waals surface area contributed by atoms with Crippen molar-refractivity contribution < 1.29 is 19.5 Å². The van der Waals surface area contributed by atoms with Gasteiger partial charge in [-0.2, -0.15) is 0 Å². The smallest absolute Gasteiger partial charge is 0.323 e. The molecule has 6 heteroatoms. The van der Waals surface area contributed by atoms with Gasteiger partial charge in [0.2, 0.25) is 0 Å². The summed E-state index contributed by atoms with van der Waals surface area (Å²) in [4.78, 5) is 35.6. The molecule has 114 valence electrons. The number of carbonyl (C=O) groups excluding carboxylic acids is 2. The van der Waals surface area contributed by atoms with Gasteiger partial charge in [-0.3, -0.25) is 9.59 Å². The number of rotatable bonds is 6. The molecule has 0 fully saturated rings. The first kappa shape index (κ1) is 16.7. The van der Waals surface area contributed by atoms with E-state index in [1.807, 2.05) is 6.92 Å². The quantitative estimate of drug-likeness (QED) is 0.789. The average Bonchev–Trinajstić information content (AvgIpc) is 2.43. The summed E-state index contributed by atoms with van der Waals surface area (Å²) in [6.45, 7) is 4.74. The van der Waals surface area contributed by atoms with Crippen molar-refractivity contribution in [3.63, 3.8) is 0 Å². The Bertz CT molecular complexity index is 542. The van der Waals surface area contributed by atoms with Crippen molar-refractivity contribution >= 4 is 23.5 Å². The van der Waals surface area contributed by atoms with E-state index in [2.05, 4.69) is 5.32 Å². The zero-order valence-electron chi connectivity index (χ0n) is 12.4. The summed E-state index contributed by atoms with van der Waals surface area (Å²) in [6.07, 6.45) is 0.647. The van der Waals surface area contributed by atoms with Gasteiger partial charge in [0.05, 0.1) is 0 Å². The Hall–Kier alpha value is -2.37.